The fraction of sp³-hybridized carbons (Fsp3) is 0.409. The third-order valence-corrected chi connectivity index (χ3v) is 5.46. The maximum atomic E-state index is 12.1. The number of rotatable bonds is 7. The first-order valence-electron chi connectivity index (χ1n) is 9.50. The Balaban J connectivity index is 1.41. The summed E-state index contributed by atoms with van der Waals surface area (Å²) in [6, 6.07) is 14.5. The molecule has 0 saturated carbocycles. The predicted molar refractivity (Wildman–Crippen MR) is 110 cm³/mol. The SMILES string of the molecule is CC(C)c1ccc(CCNC(=O)CSc2ccc3c(c2)OCCCO3)cc1. The van der Waals surface area contributed by atoms with Gasteiger partial charge in [-0.2, -0.15) is 0 Å². The van der Waals surface area contributed by atoms with Crippen LogP contribution in [0.4, 0.5) is 0 Å². The maximum absolute atomic E-state index is 12.1. The molecule has 1 aliphatic heterocycles. The second kappa shape index (κ2) is 9.70. The number of hydrogen-bond donors (Lipinski definition) is 1. The van der Waals surface area contributed by atoms with Crippen molar-refractivity contribution in [2.45, 2.75) is 37.5 Å². The highest BCUT2D eigenvalue weighted by Crippen LogP contribution is 2.33. The van der Waals surface area contributed by atoms with Crippen LogP contribution in [0.5, 0.6) is 11.5 Å². The molecule has 0 unspecified atom stereocenters. The molecule has 0 aliphatic carbocycles. The topological polar surface area (TPSA) is 47.6 Å². The smallest absolute Gasteiger partial charge is 0.230 e. The Morgan fingerprint density at radius 2 is 1.81 bits per heavy atom. The summed E-state index contributed by atoms with van der Waals surface area (Å²) in [6.45, 7) is 6.38. The van der Waals surface area contributed by atoms with Crippen molar-refractivity contribution in [3.8, 4) is 11.5 Å². The van der Waals surface area contributed by atoms with Crippen LogP contribution in [0.3, 0.4) is 0 Å². The molecule has 1 aliphatic rings. The summed E-state index contributed by atoms with van der Waals surface area (Å²) >= 11 is 1.51. The second-order valence-corrected chi connectivity index (χ2v) is 7.99. The first-order chi connectivity index (χ1) is 13.1. The number of carbonyl (C=O) groups is 1. The molecule has 2 aromatic carbocycles. The lowest BCUT2D eigenvalue weighted by Gasteiger charge is -2.10. The lowest BCUT2D eigenvalue weighted by molar-refractivity contribution is -0.118. The van der Waals surface area contributed by atoms with Crippen LogP contribution in [-0.4, -0.2) is 31.4 Å². The number of amides is 1. The van der Waals surface area contributed by atoms with Crippen LogP contribution >= 0.6 is 11.8 Å². The van der Waals surface area contributed by atoms with Crippen molar-refractivity contribution >= 4 is 17.7 Å². The molecule has 2 aromatic rings. The van der Waals surface area contributed by atoms with E-state index in [0.717, 1.165) is 29.2 Å². The molecule has 27 heavy (non-hydrogen) atoms. The Labute approximate surface area is 165 Å². The highest BCUT2D eigenvalue weighted by Gasteiger charge is 2.11. The third-order valence-electron chi connectivity index (χ3n) is 4.47. The van der Waals surface area contributed by atoms with E-state index in [9.17, 15) is 4.79 Å². The zero-order valence-corrected chi connectivity index (χ0v) is 16.8. The summed E-state index contributed by atoms with van der Waals surface area (Å²) in [5.74, 6) is 2.53. The number of thioether (sulfide) groups is 1. The van der Waals surface area contributed by atoms with Crippen LogP contribution in [0.15, 0.2) is 47.4 Å². The average molecular weight is 386 g/mol. The van der Waals surface area contributed by atoms with Gasteiger partial charge in [-0.15, -0.1) is 11.8 Å². The molecule has 0 bridgehead atoms. The zero-order chi connectivity index (χ0) is 19.1. The van der Waals surface area contributed by atoms with Crippen molar-refractivity contribution in [1.82, 2.24) is 5.32 Å². The number of nitrogens with one attached hydrogen (secondary N) is 1. The van der Waals surface area contributed by atoms with E-state index in [-0.39, 0.29) is 5.91 Å². The van der Waals surface area contributed by atoms with Gasteiger partial charge in [-0.3, -0.25) is 4.79 Å². The van der Waals surface area contributed by atoms with Crippen molar-refractivity contribution in [2.24, 2.45) is 0 Å². The lowest BCUT2D eigenvalue weighted by Crippen LogP contribution is -2.27. The summed E-state index contributed by atoms with van der Waals surface area (Å²) in [7, 11) is 0. The van der Waals surface area contributed by atoms with Gasteiger partial charge in [0, 0.05) is 17.9 Å². The minimum atomic E-state index is 0.0471. The van der Waals surface area contributed by atoms with Crippen molar-refractivity contribution in [3.05, 3.63) is 53.6 Å². The summed E-state index contributed by atoms with van der Waals surface area (Å²) in [6.07, 6.45) is 1.73. The third kappa shape index (κ3) is 5.93. The number of carbonyl (C=O) groups excluding carboxylic acids is 1. The van der Waals surface area contributed by atoms with Gasteiger partial charge in [0.05, 0.1) is 19.0 Å². The van der Waals surface area contributed by atoms with E-state index >= 15 is 0 Å². The fourth-order valence-electron chi connectivity index (χ4n) is 2.85. The van der Waals surface area contributed by atoms with Gasteiger partial charge in [0.25, 0.3) is 0 Å². The van der Waals surface area contributed by atoms with Gasteiger partial charge in [-0.05, 0) is 41.7 Å². The molecule has 0 spiro atoms. The van der Waals surface area contributed by atoms with Crippen molar-refractivity contribution in [3.63, 3.8) is 0 Å². The highest BCUT2D eigenvalue weighted by atomic mass is 32.2. The minimum absolute atomic E-state index is 0.0471. The van der Waals surface area contributed by atoms with Crippen molar-refractivity contribution < 1.29 is 14.3 Å². The first kappa shape index (κ1) is 19.6. The molecule has 0 radical (unpaired) electrons. The van der Waals surface area contributed by atoms with Gasteiger partial charge >= 0.3 is 0 Å². The monoisotopic (exact) mass is 385 g/mol. The Morgan fingerprint density at radius 1 is 1.07 bits per heavy atom. The minimum Gasteiger partial charge on any atom is -0.490 e. The lowest BCUT2D eigenvalue weighted by atomic mass is 10.0. The van der Waals surface area contributed by atoms with Crippen LogP contribution in [0.25, 0.3) is 0 Å². The molecular formula is C22H27NO3S. The summed E-state index contributed by atoms with van der Waals surface area (Å²) in [4.78, 5) is 13.1. The van der Waals surface area contributed by atoms with Gasteiger partial charge in [0.15, 0.2) is 11.5 Å². The zero-order valence-electron chi connectivity index (χ0n) is 16.0. The summed E-state index contributed by atoms with van der Waals surface area (Å²) < 4.78 is 11.3. The standard InChI is InChI=1S/C22H27NO3S/c1-16(2)18-6-4-17(5-7-18)10-11-23-22(24)15-27-19-8-9-20-21(14-19)26-13-3-12-25-20/h4-9,14,16H,3,10-13,15H2,1-2H3,(H,23,24). The number of fused-ring (bicyclic) bond motifs is 1. The van der Waals surface area contributed by atoms with Gasteiger partial charge in [-0.25, -0.2) is 0 Å². The molecular weight excluding hydrogens is 358 g/mol. The molecule has 0 aromatic heterocycles. The Morgan fingerprint density at radius 3 is 2.56 bits per heavy atom. The molecule has 1 N–H and O–H groups in total. The van der Waals surface area contributed by atoms with E-state index in [0.29, 0.717) is 31.4 Å². The molecule has 1 amide bonds. The molecule has 0 saturated heterocycles. The Kier molecular flexibility index (Phi) is 7.04. The van der Waals surface area contributed by atoms with Gasteiger partial charge < -0.3 is 14.8 Å². The highest BCUT2D eigenvalue weighted by molar-refractivity contribution is 8.00. The van der Waals surface area contributed by atoms with E-state index in [1.54, 1.807) is 0 Å². The van der Waals surface area contributed by atoms with Crippen LogP contribution in [-0.2, 0) is 11.2 Å². The predicted octanol–water partition coefficient (Wildman–Crippen LogP) is 4.42. The van der Waals surface area contributed by atoms with E-state index < -0.39 is 0 Å². The first-order valence-corrected chi connectivity index (χ1v) is 10.5. The van der Waals surface area contributed by atoms with Crippen LogP contribution in [0.1, 0.15) is 37.3 Å². The molecule has 4 nitrogen and oxygen atoms in total. The van der Waals surface area contributed by atoms with Gasteiger partial charge in [0.1, 0.15) is 0 Å². The Bertz CT molecular complexity index is 759. The molecule has 144 valence electrons. The van der Waals surface area contributed by atoms with E-state index in [2.05, 4.69) is 43.4 Å². The van der Waals surface area contributed by atoms with Crippen LogP contribution < -0.4 is 14.8 Å². The van der Waals surface area contributed by atoms with Crippen molar-refractivity contribution in [2.75, 3.05) is 25.5 Å². The van der Waals surface area contributed by atoms with Gasteiger partial charge in [-0.1, -0.05) is 38.1 Å². The second-order valence-electron chi connectivity index (χ2n) is 6.94. The fourth-order valence-corrected chi connectivity index (χ4v) is 3.60. The maximum Gasteiger partial charge on any atom is 0.230 e. The van der Waals surface area contributed by atoms with Gasteiger partial charge in [0.2, 0.25) is 5.91 Å². The number of ether oxygens (including phenoxy) is 2. The number of hydrogen-bond acceptors (Lipinski definition) is 4. The summed E-state index contributed by atoms with van der Waals surface area (Å²) in [5, 5.41) is 3.00. The summed E-state index contributed by atoms with van der Waals surface area (Å²) in [5.41, 5.74) is 2.59. The van der Waals surface area contributed by atoms with E-state index in [1.807, 2.05) is 18.2 Å². The largest absolute Gasteiger partial charge is 0.490 e. The molecule has 0 atom stereocenters. The molecule has 0 fully saturated rings. The van der Waals surface area contributed by atoms with E-state index in [1.165, 1.54) is 22.9 Å². The average Bonchev–Trinajstić information content (AvgIpc) is 2.91. The molecule has 5 heteroatoms. The van der Waals surface area contributed by atoms with Crippen molar-refractivity contribution in [1.29, 1.82) is 0 Å². The van der Waals surface area contributed by atoms with E-state index in [4.69, 9.17) is 9.47 Å². The van der Waals surface area contributed by atoms with Crippen LogP contribution in [0.2, 0.25) is 0 Å². The number of benzene rings is 2. The Hall–Kier alpha value is -2.14. The quantitative estimate of drug-likeness (QED) is 0.717. The molecule has 3 rings (SSSR count). The normalized spacial score (nSPS) is 13.3. The molecule has 1 heterocycles. The van der Waals surface area contributed by atoms with Crippen LogP contribution in [0, 0.1) is 0 Å².